The van der Waals surface area contributed by atoms with Crippen molar-refractivity contribution in [1.29, 1.82) is 0 Å². The number of hydrogen-bond donors (Lipinski definition) is 1. The molecule has 0 aromatic rings. The van der Waals surface area contributed by atoms with Crippen molar-refractivity contribution in [3.8, 4) is 0 Å². The summed E-state index contributed by atoms with van der Waals surface area (Å²) in [5.41, 5.74) is -0.587. The minimum Gasteiger partial charge on any atom is -0.468 e. The first kappa shape index (κ1) is 12.8. The number of nitrogens with zero attached hydrogens (tertiary/aromatic N) is 1. The molecule has 0 bridgehead atoms. The van der Waals surface area contributed by atoms with E-state index in [0.29, 0.717) is 12.5 Å². The normalized spacial score (nSPS) is 24.9. The molecule has 0 aliphatic heterocycles. The van der Waals surface area contributed by atoms with Gasteiger partial charge >= 0.3 is 5.97 Å². The molecule has 4 heteroatoms. The van der Waals surface area contributed by atoms with Crippen molar-refractivity contribution in [2.75, 3.05) is 20.7 Å². The summed E-state index contributed by atoms with van der Waals surface area (Å²) in [7, 11) is 3.37. The minimum atomic E-state index is -0.587. The van der Waals surface area contributed by atoms with Gasteiger partial charge < -0.3 is 9.84 Å². The van der Waals surface area contributed by atoms with E-state index >= 15 is 0 Å². The Morgan fingerprint density at radius 2 is 2.06 bits per heavy atom. The third-order valence-electron chi connectivity index (χ3n) is 4.06. The quantitative estimate of drug-likeness (QED) is 0.734. The number of aliphatic hydroxyl groups is 1. The van der Waals surface area contributed by atoms with Crippen molar-refractivity contribution >= 4 is 5.97 Å². The number of likely N-dealkylation sites (N-methyl/N-ethyl adjacent to an activating group) is 1. The number of esters is 1. The van der Waals surface area contributed by atoms with Gasteiger partial charge in [-0.15, -0.1) is 0 Å². The largest absolute Gasteiger partial charge is 0.468 e. The third kappa shape index (κ3) is 2.99. The molecule has 2 aliphatic rings. The van der Waals surface area contributed by atoms with Crippen molar-refractivity contribution in [3.63, 3.8) is 0 Å². The number of carbonyl (C=O) groups is 1. The van der Waals surface area contributed by atoms with Gasteiger partial charge in [-0.05, 0) is 38.6 Å². The molecule has 0 amide bonds. The maximum absolute atomic E-state index is 11.8. The molecule has 0 aromatic carbocycles. The lowest BCUT2D eigenvalue weighted by Crippen LogP contribution is -2.48. The van der Waals surface area contributed by atoms with Crippen LogP contribution in [0.1, 0.15) is 38.5 Å². The second-order valence-corrected chi connectivity index (χ2v) is 5.65. The lowest BCUT2D eigenvalue weighted by molar-refractivity contribution is -0.148. The lowest BCUT2D eigenvalue weighted by Gasteiger charge is -2.33. The van der Waals surface area contributed by atoms with E-state index < -0.39 is 5.60 Å². The highest BCUT2D eigenvalue weighted by Gasteiger charge is 2.42. The summed E-state index contributed by atoms with van der Waals surface area (Å²) in [5, 5.41) is 10.4. The van der Waals surface area contributed by atoms with Gasteiger partial charge in [0.2, 0.25) is 0 Å². The fourth-order valence-corrected chi connectivity index (χ4v) is 3.02. The highest BCUT2D eigenvalue weighted by Crippen LogP contribution is 2.37. The van der Waals surface area contributed by atoms with Gasteiger partial charge in [0, 0.05) is 6.54 Å². The Kier molecular flexibility index (Phi) is 3.73. The van der Waals surface area contributed by atoms with Gasteiger partial charge in [0.1, 0.15) is 6.04 Å². The van der Waals surface area contributed by atoms with Gasteiger partial charge in [0.15, 0.2) is 0 Å². The molecule has 0 spiro atoms. The maximum Gasteiger partial charge on any atom is 0.323 e. The molecule has 0 aromatic heterocycles. The summed E-state index contributed by atoms with van der Waals surface area (Å²) in [6.45, 7) is 0.587. The van der Waals surface area contributed by atoms with Crippen molar-refractivity contribution < 1.29 is 14.6 Å². The van der Waals surface area contributed by atoms with Crippen LogP contribution in [-0.2, 0) is 9.53 Å². The standard InChI is InChI=1S/C13H23NO3/c1-14(9-13(16)7-3-4-8-13)11(10-5-6-10)12(15)17-2/h10-11,16H,3-9H2,1-2H3. The van der Waals surface area contributed by atoms with E-state index in [0.717, 1.165) is 38.5 Å². The first-order chi connectivity index (χ1) is 8.06. The fraction of sp³-hybridized carbons (Fsp3) is 0.923. The van der Waals surface area contributed by atoms with Crippen LogP contribution in [-0.4, -0.2) is 48.3 Å². The highest BCUT2D eigenvalue weighted by atomic mass is 16.5. The summed E-state index contributed by atoms with van der Waals surface area (Å²) in [4.78, 5) is 13.8. The number of hydrogen-bond acceptors (Lipinski definition) is 4. The molecule has 2 rings (SSSR count). The van der Waals surface area contributed by atoms with Gasteiger partial charge in [-0.1, -0.05) is 12.8 Å². The summed E-state index contributed by atoms with van der Waals surface area (Å²) < 4.78 is 4.87. The molecule has 0 saturated heterocycles. The number of ether oxygens (including phenoxy) is 1. The molecule has 0 heterocycles. The molecular formula is C13H23NO3. The third-order valence-corrected chi connectivity index (χ3v) is 4.06. The smallest absolute Gasteiger partial charge is 0.323 e. The van der Waals surface area contributed by atoms with Crippen LogP contribution in [0.2, 0.25) is 0 Å². The van der Waals surface area contributed by atoms with Crippen LogP contribution in [0.5, 0.6) is 0 Å². The number of methoxy groups -OCH3 is 1. The first-order valence-electron chi connectivity index (χ1n) is 6.56. The Labute approximate surface area is 103 Å². The topological polar surface area (TPSA) is 49.8 Å². The summed E-state index contributed by atoms with van der Waals surface area (Å²) in [6, 6.07) is -0.162. The predicted molar refractivity (Wildman–Crippen MR) is 64.6 cm³/mol. The van der Waals surface area contributed by atoms with E-state index in [1.54, 1.807) is 0 Å². The van der Waals surface area contributed by atoms with Crippen molar-refractivity contribution in [3.05, 3.63) is 0 Å². The summed E-state index contributed by atoms with van der Waals surface area (Å²) >= 11 is 0. The molecule has 1 atom stereocenters. The molecular weight excluding hydrogens is 218 g/mol. The zero-order valence-electron chi connectivity index (χ0n) is 10.8. The zero-order valence-corrected chi connectivity index (χ0v) is 10.8. The zero-order chi connectivity index (χ0) is 12.5. The van der Waals surface area contributed by atoms with Gasteiger partial charge in [-0.2, -0.15) is 0 Å². The molecule has 2 fully saturated rings. The van der Waals surface area contributed by atoms with E-state index in [4.69, 9.17) is 4.74 Å². The molecule has 2 saturated carbocycles. The van der Waals surface area contributed by atoms with E-state index in [1.807, 2.05) is 11.9 Å². The highest BCUT2D eigenvalue weighted by molar-refractivity contribution is 5.76. The Hall–Kier alpha value is -0.610. The van der Waals surface area contributed by atoms with E-state index in [1.165, 1.54) is 7.11 Å². The maximum atomic E-state index is 11.8. The monoisotopic (exact) mass is 241 g/mol. The van der Waals surface area contributed by atoms with Crippen molar-refractivity contribution in [1.82, 2.24) is 4.90 Å². The predicted octanol–water partition coefficient (Wildman–Crippen LogP) is 1.17. The number of rotatable bonds is 5. The number of carbonyl (C=O) groups excluding carboxylic acids is 1. The lowest BCUT2D eigenvalue weighted by atomic mass is 10.0. The minimum absolute atomic E-state index is 0.156. The Morgan fingerprint density at radius 1 is 1.47 bits per heavy atom. The van der Waals surface area contributed by atoms with Gasteiger partial charge in [0.05, 0.1) is 12.7 Å². The molecule has 4 nitrogen and oxygen atoms in total. The molecule has 1 unspecified atom stereocenters. The summed E-state index contributed by atoms with van der Waals surface area (Å²) in [5.74, 6) is 0.272. The van der Waals surface area contributed by atoms with Crippen LogP contribution >= 0.6 is 0 Å². The molecule has 0 radical (unpaired) electrons. The van der Waals surface area contributed by atoms with Crippen LogP contribution in [0.15, 0.2) is 0 Å². The SMILES string of the molecule is COC(=O)C(C1CC1)N(C)CC1(O)CCCC1. The van der Waals surface area contributed by atoms with E-state index in [-0.39, 0.29) is 12.0 Å². The van der Waals surface area contributed by atoms with E-state index in [9.17, 15) is 9.90 Å². The first-order valence-corrected chi connectivity index (χ1v) is 6.56. The molecule has 17 heavy (non-hydrogen) atoms. The Balaban J connectivity index is 1.96. The molecule has 2 aliphatic carbocycles. The summed E-state index contributed by atoms with van der Waals surface area (Å²) in [6.07, 6.45) is 6.10. The van der Waals surface area contributed by atoms with Gasteiger partial charge in [-0.3, -0.25) is 9.69 Å². The average molecular weight is 241 g/mol. The van der Waals surface area contributed by atoms with Gasteiger partial charge in [0.25, 0.3) is 0 Å². The van der Waals surface area contributed by atoms with Crippen LogP contribution in [0.3, 0.4) is 0 Å². The van der Waals surface area contributed by atoms with Crippen LogP contribution < -0.4 is 0 Å². The molecule has 1 N–H and O–H groups in total. The van der Waals surface area contributed by atoms with Crippen molar-refractivity contribution in [2.24, 2.45) is 5.92 Å². The second kappa shape index (κ2) is 4.94. The molecule has 98 valence electrons. The fourth-order valence-electron chi connectivity index (χ4n) is 3.02. The van der Waals surface area contributed by atoms with Crippen LogP contribution in [0, 0.1) is 5.92 Å². The van der Waals surface area contributed by atoms with Crippen LogP contribution in [0.25, 0.3) is 0 Å². The van der Waals surface area contributed by atoms with Gasteiger partial charge in [-0.25, -0.2) is 0 Å². The van der Waals surface area contributed by atoms with Crippen LogP contribution in [0.4, 0.5) is 0 Å². The van der Waals surface area contributed by atoms with E-state index in [2.05, 4.69) is 0 Å². The second-order valence-electron chi connectivity index (χ2n) is 5.65. The Morgan fingerprint density at radius 3 is 2.53 bits per heavy atom. The van der Waals surface area contributed by atoms with Crippen molar-refractivity contribution in [2.45, 2.75) is 50.2 Å². The Bertz CT molecular complexity index is 282. The average Bonchev–Trinajstić information content (AvgIpc) is 3.01.